The Morgan fingerprint density at radius 2 is 1.93 bits per heavy atom. The van der Waals surface area contributed by atoms with Crippen molar-refractivity contribution in [1.82, 2.24) is 14.9 Å². The van der Waals surface area contributed by atoms with Crippen molar-refractivity contribution in [3.05, 3.63) is 41.4 Å². The normalized spacial score (nSPS) is 19.5. The van der Waals surface area contributed by atoms with E-state index in [1.165, 1.54) is 0 Å². The summed E-state index contributed by atoms with van der Waals surface area (Å²) in [7, 11) is 0. The number of halogens is 2. The average Bonchev–Trinajstić information content (AvgIpc) is 2.68. The molecule has 2 amide bonds. The van der Waals surface area contributed by atoms with Crippen molar-refractivity contribution >= 4 is 29.3 Å². The number of rotatable bonds is 1. The molecule has 1 aromatic heterocycles. The highest BCUT2D eigenvalue weighted by molar-refractivity contribution is 6.30. The fourth-order valence-electron chi connectivity index (χ4n) is 3.34. The number of anilines is 2. The molecule has 0 N–H and O–H groups in total. The maximum atomic E-state index is 13.2. The first kappa shape index (κ1) is 17.8. The molecule has 1 fully saturated rings. The van der Waals surface area contributed by atoms with E-state index in [-0.39, 0.29) is 12.1 Å². The zero-order valence-electron chi connectivity index (χ0n) is 14.8. The number of urea groups is 1. The number of amides is 2. The summed E-state index contributed by atoms with van der Waals surface area (Å²) in [6.45, 7) is 4.62. The van der Waals surface area contributed by atoms with E-state index >= 15 is 0 Å². The summed E-state index contributed by atoms with van der Waals surface area (Å²) in [6, 6.07) is 5.16. The fourth-order valence-corrected chi connectivity index (χ4v) is 3.50. The van der Waals surface area contributed by atoms with Gasteiger partial charge in [-0.15, -0.1) is 0 Å². The van der Waals surface area contributed by atoms with Gasteiger partial charge >= 0.3 is 6.03 Å². The van der Waals surface area contributed by atoms with Crippen molar-refractivity contribution in [2.45, 2.75) is 13.0 Å². The summed E-state index contributed by atoms with van der Waals surface area (Å²) in [6.07, 6.45) is 2.30. The molecule has 1 unspecified atom stereocenters. The van der Waals surface area contributed by atoms with E-state index in [4.69, 9.17) is 16.3 Å². The first-order valence-electron chi connectivity index (χ1n) is 8.76. The Morgan fingerprint density at radius 3 is 2.63 bits per heavy atom. The number of hydrogen-bond donors (Lipinski definition) is 0. The Bertz CT molecular complexity index is 842. The molecule has 1 atom stereocenters. The van der Waals surface area contributed by atoms with E-state index in [1.54, 1.807) is 21.9 Å². The molecule has 2 aliphatic rings. The van der Waals surface area contributed by atoms with E-state index in [1.807, 2.05) is 17.9 Å². The Balaban J connectivity index is 1.47. The number of fused-ring (bicyclic) bond motifs is 1. The molecule has 0 bridgehead atoms. The van der Waals surface area contributed by atoms with Crippen molar-refractivity contribution in [2.75, 3.05) is 42.6 Å². The SMILES string of the molecule is CC1COc2cc(Cl)ccc2N1C(=O)N1CCN(c2ncc(F)cn2)CC1. The lowest BCUT2D eigenvalue weighted by Gasteiger charge is -2.41. The predicted molar refractivity (Wildman–Crippen MR) is 100 cm³/mol. The largest absolute Gasteiger partial charge is 0.489 e. The molecule has 0 saturated carbocycles. The zero-order chi connectivity index (χ0) is 19.0. The first-order valence-corrected chi connectivity index (χ1v) is 9.13. The molecule has 142 valence electrons. The number of piperazine rings is 1. The second kappa shape index (κ2) is 7.19. The molecule has 4 rings (SSSR count). The van der Waals surface area contributed by atoms with Crippen LogP contribution in [0.3, 0.4) is 0 Å². The Labute approximate surface area is 161 Å². The lowest BCUT2D eigenvalue weighted by Crippen LogP contribution is -2.56. The summed E-state index contributed by atoms with van der Waals surface area (Å²) in [5, 5.41) is 0.573. The van der Waals surface area contributed by atoms with Gasteiger partial charge in [0.2, 0.25) is 5.95 Å². The maximum Gasteiger partial charge on any atom is 0.325 e. The molecule has 9 heteroatoms. The van der Waals surface area contributed by atoms with E-state index in [0.29, 0.717) is 49.5 Å². The van der Waals surface area contributed by atoms with Crippen LogP contribution in [0.5, 0.6) is 5.75 Å². The van der Waals surface area contributed by atoms with Gasteiger partial charge in [0, 0.05) is 37.3 Å². The molecule has 2 aliphatic heterocycles. The van der Waals surface area contributed by atoms with Crippen LogP contribution >= 0.6 is 11.6 Å². The van der Waals surface area contributed by atoms with Gasteiger partial charge in [-0.05, 0) is 19.1 Å². The van der Waals surface area contributed by atoms with E-state index < -0.39 is 5.82 Å². The smallest absolute Gasteiger partial charge is 0.325 e. The van der Waals surface area contributed by atoms with E-state index in [9.17, 15) is 9.18 Å². The van der Waals surface area contributed by atoms with Crippen LogP contribution in [-0.2, 0) is 0 Å². The van der Waals surface area contributed by atoms with Gasteiger partial charge in [-0.2, -0.15) is 0 Å². The highest BCUT2D eigenvalue weighted by Gasteiger charge is 2.34. The molecular formula is C18H19ClFN5O2. The van der Waals surface area contributed by atoms with Crippen LogP contribution in [0.25, 0.3) is 0 Å². The van der Waals surface area contributed by atoms with Gasteiger partial charge in [0.25, 0.3) is 0 Å². The minimum Gasteiger partial charge on any atom is -0.489 e. The summed E-state index contributed by atoms with van der Waals surface area (Å²) in [4.78, 5) is 26.7. The predicted octanol–water partition coefficient (Wildman–Crippen LogP) is 2.80. The van der Waals surface area contributed by atoms with Crippen LogP contribution < -0.4 is 14.5 Å². The number of benzene rings is 1. The van der Waals surface area contributed by atoms with Crippen molar-refractivity contribution in [3.8, 4) is 5.75 Å². The number of nitrogens with zero attached hydrogens (tertiary/aromatic N) is 5. The molecule has 2 aromatic rings. The summed E-state index contributed by atoms with van der Waals surface area (Å²) < 4.78 is 18.7. The molecular weight excluding hydrogens is 373 g/mol. The van der Waals surface area contributed by atoms with Crippen LogP contribution in [0.4, 0.5) is 20.8 Å². The maximum absolute atomic E-state index is 13.2. The van der Waals surface area contributed by atoms with Crippen molar-refractivity contribution in [2.24, 2.45) is 0 Å². The molecule has 0 radical (unpaired) electrons. The average molecular weight is 392 g/mol. The molecule has 1 saturated heterocycles. The molecule has 0 spiro atoms. The molecule has 7 nitrogen and oxygen atoms in total. The van der Waals surface area contributed by atoms with Gasteiger partial charge in [-0.3, -0.25) is 4.90 Å². The number of carbonyl (C=O) groups is 1. The third kappa shape index (κ3) is 3.49. The monoisotopic (exact) mass is 391 g/mol. The minimum absolute atomic E-state index is 0.0611. The van der Waals surface area contributed by atoms with Crippen LogP contribution in [0.2, 0.25) is 5.02 Å². The lowest BCUT2D eigenvalue weighted by molar-refractivity contribution is 0.190. The third-order valence-electron chi connectivity index (χ3n) is 4.75. The highest BCUT2D eigenvalue weighted by Crippen LogP contribution is 2.36. The minimum atomic E-state index is -0.465. The van der Waals surface area contributed by atoms with Crippen molar-refractivity contribution in [1.29, 1.82) is 0 Å². The van der Waals surface area contributed by atoms with E-state index in [2.05, 4.69) is 9.97 Å². The van der Waals surface area contributed by atoms with Gasteiger partial charge < -0.3 is 14.5 Å². The van der Waals surface area contributed by atoms with Crippen molar-refractivity contribution in [3.63, 3.8) is 0 Å². The Kier molecular flexibility index (Phi) is 4.73. The number of aromatic nitrogens is 2. The molecule has 1 aromatic carbocycles. The molecule has 27 heavy (non-hydrogen) atoms. The summed E-state index contributed by atoms with van der Waals surface area (Å²) in [5.74, 6) is 0.628. The highest BCUT2D eigenvalue weighted by atomic mass is 35.5. The van der Waals surface area contributed by atoms with Gasteiger partial charge in [0.1, 0.15) is 12.4 Å². The number of hydrogen-bond acceptors (Lipinski definition) is 5. The zero-order valence-corrected chi connectivity index (χ0v) is 15.6. The van der Waals surface area contributed by atoms with Crippen molar-refractivity contribution < 1.29 is 13.9 Å². The number of carbonyl (C=O) groups excluding carboxylic acids is 1. The van der Waals surface area contributed by atoms with E-state index in [0.717, 1.165) is 18.1 Å². The Hall–Kier alpha value is -2.61. The van der Waals surface area contributed by atoms with Gasteiger partial charge in [-0.25, -0.2) is 19.2 Å². The fraction of sp³-hybridized carbons (Fsp3) is 0.389. The summed E-state index contributed by atoms with van der Waals surface area (Å²) in [5.41, 5.74) is 0.729. The van der Waals surface area contributed by atoms with Crippen LogP contribution in [0, 0.1) is 5.82 Å². The standard InChI is InChI=1S/C18H19ClFN5O2/c1-12-11-27-16-8-13(19)2-3-15(16)25(12)18(26)24-6-4-23(5-7-24)17-21-9-14(20)10-22-17/h2-3,8-10,12H,4-7,11H2,1H3. The quantitative estimate of drug-likeness (QED) is 0.748. The third-order valence-corrected chi connectivity index (χ3v) is 4.98. The second-order valence-electron chi connectivity index (χ2n) is 6.60. The molecule has 0 aliphatic carbocycles. The molecule has 3 heterocycles. The Morgan fingerprint density at radius 1 is 1.22 bits per heavy atom. The topological polar surface area (TPSA) is 61.8 Å². The van der Waals surface area contributed by atoms with Gasteiger partial charge in [0.15, 0.2) is 5.82 Å². The first-order chi connectivity index (χ1) is 13.0. The van der Waals surface area contributed by atoms with Gasteiger partial charge in [0.05, 0.1) is 24.1 Å². The summed E-state index contributed by atoms with van der Waals surface area (Å²) >= 11 is 6.04. The van der Waals surface area contributed by atoms with Crippen LogP contribution in [0.1, 0.15) is 6.92 Å². The number of ether oxygens (including phenoxy) is 1. The van der Waals surface area contributed by atoms with Gasteiger partial charge in [-0.1, -0.05) is 11.6 Å². The second-order valence-corrected chi connectivity index (χ2v) is 7.04. The van der Waals surface area contributed by atoms with Crippen LogP contribution in [0.15, 0.2) is 30.6 Å². The lowest BCUT2D eigenvalue weighted by atomic mass is 10.1. The van der Waals surface area contributed by atoms with Crippen LogP contribution in [-0.4, -0.2) is 59.7 Å².